The first-order chi connectivity index (χ1) is 32.1. The van der Waals surface area contributed by atoms with Gasteiger partial charge in [0.2, 0.25) is 32.5 Å². The second-order valence-corrected chi connectivity index (χ2v) is 21.0. The van der Waals surface area contributed by atoms with Gasteiger partial charge < -0.3 is 57.8 Å². The minimum Gasteiger partial charge on any atom is -1.00 e. The number of halogens is 2. The Labute approximate surface area is 447 Å². The third-order valence-corrected chi connectivity index (χ3v) is 16.8. The summed E-state index contributed by atoms with van der Waals surface area (Å²) in [5.74, 6) is 2.21. The van der Waals surface area contributed by atoms with E-state index in [1.807, 2.05) is 47.0 Å². The van der Waals surface area contributed by atoms with Crippen molar-refractivity contribution in [3.8, 4) is 11.4 Å². The van der Waals surface area contributed by atoms with Crippen molar-refractivity contribution in [3.63, 3.8) is 0 Å². The zero-order valence-electron chi connectivity index (χ0n) is 37.9. The Hall–Kier alpha value is -3.92. The normalized spacial score (nSPS) is 14.1. The third kappa shape index (κ3) is 11.1. The van der Waals surface area contributed by atoms with Gasteiger partial charge in [0.05, 0.1) is 32.2 Å². The van der Waals surface area contributed by atoms with E-state index in [1.54, 1.807) is 0 Å². The standard InChI is InChI=1S/C57H54N4S4.2HI/c1-58-50-32-18-20-34-52(50)64-54(58)38-42-40-56(60(44-24-10-8-11-25-44)48-30-16-14-28-46(42)48)62-36-22-6-4-3-5-7-23-37-63-57-41-43(39-55-59(2)51-33-19-21-35-53(51)65-55)47-29-15-17-31-49(47)61(57)45-26-12-9-13-27-45;;/h8-21,24-35,38-41H,3-7,22-23,36-37H2,1-2H3;2*1H/q+2;;/p-2. The second kappa shape index (κ2) is 23.6. The molecule has 0 bridgehead atoms. The average Bonchev–Trinajstić information content (AvgIpc) is 3.84. The molecule has 0 aliphatic carbocycles. The number of thioether (sulfide) groups is 4. The molecule has 0 fully saturated rings. The van der Waals surface area contributed by atoms with Gasteiger partial charge in [-0.3, -0.25) is 0 Å². The summed E-state index contributed by atoms with van der Waals surface area (Å²) in [5, 5.41) is 7.64. The highest BCUT2D eigenvalue weighted by molar-refractivity contribution is 8.04. The van der Waals surface area contributed by atoms with Crippen molar-refractivity contribution in [2.75, 3.05) is 35.4 Å². The van der Waals surface area contributed by atoms with Gasteiger partial charge in [-0.25, -0.2) is 0 Å². The van der Waals surface area contributed by atoms with Crippen LogP contribution in [0.4, 0.5) is 11.4 Å². The maximum absolute atomic E-state index is 2.46. The summed E-state index contributed by atoms with van der Waals surface area (Å²) >= 11 is 7.71. The largest absolute Gasteiger partial charge is 1.00 e. The molecule has 340 valence electrons. The molecule has 6 aromatic carbocycles. The number of aromatic nitrogens is 2. The van der Waals surface area contributed by atoms with Gasteiger partial charge >= 0.3 is 0 Å². The zero-order chi connectivity index (χ0) is 44.0. The molecular weight excluding hydrogens is 1120 g/mol. The molecule has 0 spiro atoms. The van der Waals surface area contributed by atoms with Gasteiger partial charge in [0.15, 0.2) is 0 Å². The van der Waals surface area contributed by atoms with Crippen molar-refractivity contribution < 1.29 is 57.1 Å². The average molecular weight is 1180 g/mol. The Morgan fingerprint density at radius 3 is 1.21 bits per heavy atom. The van der Waals surface area contributed by atoms with E-state index in [2.05, 4.69) is 215 Å². The molecule has 0 saturated heterocycles. The Morgan fingerprint density at radius 2 is 0.791 bits per heavy atom. The van der Waals surface area contributed by atoms with Crippen LogP contribution in [0.3, 0.4) is 0 Å². The Morgan fingerprint density at radius 1 is 0.433 bits per heavy atom. The molecule has 0 N–H and O–H groups in total. The number of benzene rings is 6. The van der Waals surface area contributed by atoms with Crippen molar-refractivity contribution in [2.45, 2.75) is 64.8 Å². The molecule has 8 aromatic rings. The van der Waals surface area contributed by atoms with Crippen molar-refractivity contribution in [1.82, 2.24) is 0 Å². The number of nitrogens with zero attached hydrogens (tertiary/aromatic N) is 4. The van der Waals surface area contributed by atoms with E-state index in [9.17, 15) is 0 Å². The summed E-state index contributed by atoms with van der Waals surface area (Å²) in [6.07, 6.45) is 13.6. The minimum atomic E-state index is 0. The third-order valence-electron chi connectivity index (χ3n) is 12.3. The number of para-hydroxylation sites is 6. The first kappa shape index (κ1) is 49.5. The molecule has 2 aliphatic heterocycles. The summed E-state index contributed by atoms with van der Waals surface area (Å²) in [6, 6.07) is 61.8. The number of hydrogen-bond acceptors (Lipinski definition) is 6. The van der Waals surface area contributed by atoms with Crippen LogP contribution in [-0.2, 0) is 0 Å². The van der Waals surface area contributed by atoms with Gasteiger partial charge in [0.25, 0.3) is 0 Å². The summed E-state index contributed by atoms with van der Waals surface area (Å²) in [7, 11) is 4.37. The first-order valence-electron chi connectivity index (χ1n) is 22.9. The van der Waals surface area contributed by atoms with E-state index in [1.165, 1.54) is 131 Å². The van der Waals surface area contributed by atoms with Crippen molar-refractivity contribution >= 4 is 92.4 Å². The molecule has 4 heterocycles. The smallest absolute Gasteiger partial charge is 0.247 e. The second-order valence-electron chi connectivity index (χ2n) is 16.6. The van der Waals surface area contributed by atoms with Crippen LogP contribution < -0.4 is 66.9 Å². The molecular formula is C57H54I2N4S4. The number of anilines is 2. The van der Waals surface area contributed by atoms with Crippen molar-refractivity contribution in [2.24, 2.45) is 0 Å². The topological polar surface area (TPSA) is 14.2 Å². The van der Waals surface area contributed by atoms with Crippen LogP contribution in [0.15, 0.2) is 200 Å². The number of unbranched alkanes of at least 4 members (excludes halogenated alkanes) is 6. The monoisotopic (exact) mass is 1180 g/mol. The molecule has 10 rings (SSSR count). The molecule has 10 heteroatoms. The fourth-order valence-electron chi connectivity index (χ4n) is 8.95. The van der Waals surface area contributed by atoms with Crippen LogP contribution in [0.25, 0.3) is 45.3 Å². The highest BCUT2D eigenvalue weighted by Crippen LogP contribution is 2.47. The van der Waals surface area contributed by atoms with Crippen LogP contribution in [0.1, 0.15) is 56.1 Å². The van der Waals surface area contributed by atoms with Crippen LogP contribution in [0, 0.1) is 0 Å². The fourth-order valence-corrected chi connectivity index (χ4v) is 13.4. The van der Waals surface area contributed by atoms with Gasteiger partial charge in [0.1, 0.15) is 0 Å². The maximum atomic E-state index is 2.46. The highest BCUT2D eigenvalue weighted by atomic mass is 127. The van der Waals surface area contributed by atoms with Gasteiger partial charge in [-0.1, -0.05) is 164 Å². The number of rotatable bonds is 16. The molecule has 0 saturated carbocycles. The Bertz CT molecular complexity index is 2830. The molecule has 0 atom stereocenters. The molecule has 0 amide bonds. The van der Waals surface area contributed by atoms with Gasteiger partial charge in [-0.15, -0.1) is 9.13 Å². The maximum Gasteiger partial charge on any atom is 0.247 e. The summed E-state index contributed by atoms with van der Waals surface area (Å²) in [5.41, 5.74) is 9.99. The molecule has 4 nitrogen and oxygen atoms in total. The minimum absolute atomic E-state index is 0. The summed E-state index contributed by atoms with van der Waals surface area (Å²) in [6.45, 7) is 0. The predicted molar refractivity (Wildman–Crippen MR) is 282 cm³/mol. The van der Waals surface area contributed by atoms with E-state index in [4.69, 9.17) is 0 Å². The van der Waals surface area contributed by atoms with Gasteiger partial charge in [-0.05, 0) is 72.5 Å². The highest BCUT2D eigenvalue weighted by Gasteiger charge is 2.27. The van der Waals surface area contributed by atoms with E-state index in [0.29, 0.717) is 0 Å². The van der Waals surface area contributed by atoms with E-state index >= 15 is 0 Å². The van der Waals surface area contributed by atoms with Crippen LogP contribution >= 0.6 is 47.0 Å². The summed E-state index contributed by atoms with van der Waals surface area (Å²) < 4.78 is 4.92. The zero-order valence-corrected chi connectivity index (χ0v) is 45.4. The molecule has 2 aromatic heterocycles. The lowest BCUT2D eigenvalue weighted by atomic mass is 10.1. The van der Waals surface area contributed by atoms with Crippen molar-refractivity contribution in [3.05, 3.63) is 191 Å². The fraction of sp³-hybridized carbons (Fsp3) is 0.193. The molecule has 2 aliphatic rings. The van der Waals surface area contributed by atoms with E-state index in [0.717, 1.165) is 11.5 Å². The molecule has 0 radical (unpaired) electrons. The molecule has 0 unspecified atom stereocenters. The molecule has 67 heavy (non-hydrogen) atoms. The SMILES string of the molecule is CN1C(=Cc2cc(SCCCCCCCCCSc3cc(C=C4Sc5ccccc5N4C)c4ccccc4[n+]3-c3ccccc3)[n+](-c3ccccc3)c3ccccc23)Sc2ccccc21.[I-].[I-]. The predicted octanol–water partition coefficient (Wildman–Crippen LogP) is 9.25. The first-order valence-corrected chi connectivity index (χ1v) is 26.5. The lowest BCUT2D eigenvalue weighted by molar-refractivity contribution is -0.608. The number of hydrogen-bond donors (Lipinski definition) is 0. The number of fused-ring (bicyclic) bond motifs is 4. The van der Waals surface area contributed by atoms with Crippen LogP contribution in [-0.4, -0.2) is 25.6 Å². The van der Waals surface area contributed by atoms with Gasteiger partial charge in [0, 0.05) is 83.9 Å². The quantitative estimate of drug-likeness (QED) is 0.0412. The van der Waals surface area contributed by atoms with Crippen LogP contribution in [0.5, 0.6) is 0 Å². The van der Waals surface area contributed by atoms with E-state index < -0.39 is 0 Å². The Balaban J connectivity index is 0.00000304. The van der Waals surface area contributed by atoms with Crippen LogP contribution in [0.2, 0.25) is 0 Å². The number of pyridine rings is 2. The van der Waals surface area contributed by atoms with Gasteiger partial charge in [-0.2, -0.15) is 0 Å². The van der Waals surface area contributed by atoms with Crippen molar-refractivity contribution in [1.29, 1.82) is 0 Å². The summed E-state index contributed by atoms with van der Waals surface area (Å²) in [4.78, 5) is 7.28. The van der Waals surface area contributed by atoms with E-state index in [-0.39, 0.29) is 48.0 Å². The lowest BCUT2D eigenvalue weighted by Gasteiger charge is -2.14. The lowest BCUT2D eigenvalue weighted by Crippen LogP contribution is -3.00. The Kier molecular flexibility index (Phi) is 17.4.